The molecule has 7 rings (SSSR count). The quantitative estimate of drug-likeness (QED) is 0.136. The maximum atomic E-state index is 14.8. The summed E-state index contributed by atoms with van der Waals surface area (Å²) in [6.07, 6.45) is -9.35. The second-order valence-corrected chi connectivity index (χ2v) is 20.8. The zero-order valence-corrected chi connectivity index (χ0v) is 34.1. The summed E-state index contributed by atoms with van der Waals surface area (Å²) in [6.45, 7) is 14.4. The number of ether oxygens (including phenoxy) is 4. The van der Waals surface area contributed by atoms with Gasteiger partial charge >= 0.3 is 5.97 Å². The van der Waals surface area contributed by atoms with Crippen molar-refractivity contribution in [2.75, 3.05) is 13.2 Å². The summed E-state index contributed by atoms with van der Waals surface area (Å²) < 4.78 is 23.0. The normalized spacial score (nSPS) is 53.7. The molecule has 14 heteroatoms. The molecule has 6 fully saturated rings. The predicted octanol–water partition coefficient (Wildman–Crippen LogP) is 1.29. The number of aliphatic hydroxyl groups excluding tert-OH is 9. The minimum absolute atomic E-state index is 0.00601. The average Bonchev–Trinajstić information content (AvgIpc) is 3.13. The molecule has 0 aromatic rings. The van der Waals surface area contributed by atoms with Crippen molar-refractivity contribution >= 4 is 5.97 Å². The SMILES string of the molecule is CC1(C)CC[C@]2(C(=O)O[C@H]3OC(CO)[C@H](O[C@H]4OC(CO)[C@H](O)[C@@H](O)C4O)[C@@H](O)C3O)C(O)C[C@]3(C)C(=CC[C@@H]4[C@@]5(C)CC[C@H](O)C(C)(C)[C@@H]5CC[C@]43C)[C@@H]2C1. The highest BCUT2D eigenvalue weighted by Crippen LogP contribution is 2.76. The van der Waals surface area contributed by atoms with Crippen LogP contribution in [0.3, 0.4) is 0 Å². The Kier molecular flexibility index (Phi) is 11.0. The molecule has 56 heavy (non-hydrogen) atoms. The second kappa shape index (κ2) is 14.4. The Balaban J connectivity index is 1.16. The monoisotopic (exact) mass is 796 g/mol. The number of hydrogen-bond acceptors (Lipinski definition) is 14. The Labute approximate surface area is 330 Å². The van der Waals surface area contributed by atoms with Crippen molar-refractivity contribution in [3.63, 3.8) is 0 Å². The molecule has 5 aliphatic carbocycles. The molecule has 0 radical (unpaired) electrons. The van der Waals surface area contributed by atoms with Crippen molar-refractivity contribution in [3.05, 3.63) is 11.6 Å². The Morgan fingerprint density at radius 3 is 2.02 bits per heavy atom. The highest BCUT2D eigenvalue weighted by Gasteiger charge is 2.72. The first kappa shape index (κ1) is 42.8. The number of aliphatic hydroxyl groups is 9. The molecule has 14 nitrogen and oxygen atoms in total. The maximum absolute atomic E-state index is 14.8. The van der Waals surface area contributed by atoms with Crippen molar-refractivity contribution in [2.24, 2.45) is 50.2 Å². The van der Waals surface area contributed by atoms with E-state index in [9.17, 15) is 50.8 Å². The molecule has 0 aromatic heterocycles. The van der Waals surface area contributed by atoms with Gasteiger partial charge in [-0.25, -0.2) is 0 Å². The first-order valence-electron chi connectivity index (χ1n) is 20.9. The second-order valence-electron chi connectivity index (χ2n) is 20.8. The van der Waals surface area contributed by atoms with E-state index in [1.54, 1.807) is 0 Å². The van der Waals surface area contributed by atoms with Crippen LogP contribution in [0.5, 0.6) is 0 Å². The molecule has 2 heterocycles. The maximum Gasteiger partial charge on any atom is 0.317 e. The number of allylic oxidation sites excluding steroid dienone is 2. The van der Waals surface area contributed by atoms with E-state index in [0.717, 1.165) is 32.1 Å². The standard InChI is InChI=1S/C42H68O14/c1-37(2)14-15-42(36(52)56-35-32(51)30(49)33(23(19-44)54-35)55-34-31(50)29(48)28(47)22(18-43)53-34)21(16-37)20-8-9-25-39(5)12-11-26(45)38(3,4)24(39)10-13-40(25,6)41(20,7)17-27(42)46/h8,21-35,43-51H,9-19H2,1-7H3/t21-,22?,23?,24-,25+,26-,27?,28-,29+,30-,31?,32?,33-,34+,35+,39-,40+,41+,42+/m0/s1. The molecule has 0 aromatic carbocycles. The summed E-state index contributed by atoms with van der Waals surface area (Å²) in [7, 11) is 0. The van der Waals surface area contributed by atoms with Crippen LogP contribution < -0.4 is 0 Å². The molecule has 0 amide bonds. The van der Waals surface area contributed by atoms with Crippen LogP contribution in [0.2, 0.25) is 0 Å². The molecule has 0 bridgehead atoms. The topological polar surface area (TPSA) is 236 Å². The third-order valence-electron chi connectivity index (χ3n) is 17.2. The molecular weight excluding hydrogens is 728 g/mol. The van der Waals surface area contributed by atoms with E-state index in [1.807, 2.05) is 0 Å². The number of fused-ring (bicyclic) bond motifs is 7. The van der Waals surface area contributed by atoms with Gasteiger partial charge in [-0.1, -0.05) is 60.1 Å². The molecule has 7 aliphatic rings. The summed E-state index contributed by atoms with van der Waals surface area (Å²) in [5.41, 5.74) is -1.17. The molecule has 19 atom stereocenters. The number of esters is 1. The molecule has 5 unspecified atom stereocenters. The van der Waals surface area contributed by atoms with E-state index in [0.29, 0.717) is 37.5 Å². The molecule has 4 saturated carbocycles. The molecule has 9 N–H and O–H groups in total. The van der Waals surface area contributed by atoms with Gasteiger partial charge < -0.3 is 64.9 Å². The molecular formula is C42H68O14. The minimum Gasteiger partial charge on any atom is -0.432 e. The number of hydrogen-bond donors (Lipinski definition) is 9. The first-order valence-corrected chi connectivity index (χ1v) is 20.9. The van der Waals surface area contributed by atoms with E-state index in [2.05, 4.69) is 54.5 Å². The van der Waals surface area contributed by atoms with Crippen molar-refractivity contribution in [1.29, 1.82) is 0 Å². The largest absolute Gasteiger partial charge is 0.432 e. The lowest BCUT2D eigenvalue weighted by Gasteiger charge is -2.71. The van der Waals surface area contributed by atoms with Gasteiger partial charge in [0.25, 0.3) is 0 Å². The van der Waals surface area contributed by atoms with Crippen LogP contribution in [0.25, 0.3) is 0 Å². The average molecular weight is 797 g/mol. The smallest absolute Gasteiger partial charge is 0.317 e. The van der Waals surface area contributed by atoms with Crippen LogP contribution in [-0.2, 0) is 23.7 Å². The van der Waals surface area contributed by atoms with Gasteiger partial charge in [0, 0.05) is 0 Å². The lowest BCUT2D eigenvalue weighted by Crippen LogP contribution is -2.68. The van der Waals surface area contributed by atoms with Crippen LogP contribution in [0.4, 0.5) is 0 Å². The van der Waals surface area contributed by atoms with Gasteiger partial charge in [-0.05, 0) is 103 Å². The molecule has 2 saturated heterocycles. The summed E-state index contributed by atoms with van der Waals surface area (Å²) in [5.74, 6) is -0.449. The summed E-state index contributed by atoms with van der Waals surface area (Å²) in [4.78, 5) is 14.8. The summed E-state index contributed by atoms with van der Waals surface area (Å²) in [5, 5.41) is 97.1. The van der Waals surface area contributed by atoms with Gasteiger partial charge in [-0.2, -0.15) is 0 Å². The fourth-order valence-corrected chi connectivity index (χ4v) is 13.6. The highest BCUT2D eigenvalue weighted by atomic mass is 16.7. The van der Waals surface area contributed by atoms with E-state index >= 15 is 0 Å². The Bertz CT molecular complexity index is 1520. The van der Waals surface area contributed by atoms with Gasteiger partial charge in [0.05, 0.1) is 25.4 Å². The van der Waals surface area contributed by atoms with Crippen molar-refractivity contribution in [3.8, 4) is 0 Å². The van der Waals surface area contributed by atoms with Crippen LogP contribution in [-0.4, -0.2) is 139 Å². The minimum atomic E-state index is -1.89. The first-order chi connectivity index (χ1) is 26.0. The Morgan fingerprint density at radius 1 is 0.714 bits per heavy atom. The zero-order chi connectivity index (χ0) is 41.1. The Hall–Kier alpha value is -1.27. The third kappa shape index (κ3) is 6.13. The lowest BCUT2D eigenvalue weighted by molar-refractivity contribution is -0.357. The summed E-state index contributed by atoms with van der Waals surface area (Å²) >= 11 is 0. The predicted molar refractivity (Wildman–Crippen MR) is 199 cm³/mol. The molecule has 2 aliphatic heterocycles. The van der Waals surface area contributed by atoms with E-state index < -0.39 is 97.5 Å². The number of carbonyl (C=O) groups excluding carboxylic acids is 1. The Morgan fingerprint density at radius 2 is 1.36 bits per heavy atom. The third-order valence-corrected chi connectivity index (χ3v) is 17.2. The fraction of sp³-hybridized carbons (Fsp3) is 0.929. The van der Waals surface area contributed by atoms with Crippen LogP contribution in [0.1, 0.15) is 106 Å². The summed E-state index contributed by atoms with van der Waals surface area (Å²) in [6, 6.07) is 0. The van der Waals surface area contributed by atoms with Crippen LogP contribution in [0, 0.1) is 50.2 Å². The van der Waals surface area contributed by atoms with E-state index in [1.165, 1.54) is 5.57 Å². The van der Waals surface area contributed by atoms with Gasteiger partial charge in [-0.3, -0.25) is 4.79 Å². The van der Waals surface area contributed by atoms with Crippen molar-refractivity contribution in [2.45, 2.75) is 180 Å². The number of rotatable bonds is 6. The van der Waals surface area contributed by atoms with Gasteiger partial charge in [0.15, 0.2) is 6.29 Å². The molecule has 0 spiro atoms. The van der Waals surface area contributed by atoms with Crippen molar-refractivity contribution in [1.82, 2.24) is 0 Å². The highest BCUT2D eigenvalue weighted by molar-refractivity contribution is 5.80. The lowest BCUT2D eigenvalue weighted by atomic mass is 9.33. The fourth-order valence-electron chi connectivity index (χ4n) is 13.6. The zero-order valence-electron chi connectivity index (χ0n) is 34.1. The molecule has 320 valence electrons. The van der Waals surface area contributed by atoms with Gasteiger partial charge in [0.2, 0.25) is 6.29 Å². The van der Waals surface area contributed by atoms with Crippen molar-refractivity contribution < 1.29 is 69.7 Å². The van der Waals surface area contributed by atoms with Crippen LogP contribution in [0.15, 0.2) is 11.6 Å². The van der Waals surface area contributed by atoms with E-state index in [-0.39, 0.29) is 33.7 Å². The van der Waals surface area contributed by atoms with Crippen LogP contribution >= 0.6 is 0 Å². The van der Waals surface area contributed by atoms with Gasteiger partial charge in [0.1, 0.15) is 54.2 Å². The van der Waals surface area contributed by atoms with Gasteiger partial charge in [-0.15, -0.1) is 0 Å². The van der Waals surface area contributed by atoms with E-state index in [4.69, 9.17) is 18.9 Å². The number of carbonyl (C=O) groups is 1.